The zero-order valence-electron chi connectivity index (χ0n) is 11.4. The maximum absolute atomic E-state index is 5.80. The van der Waals surface area contributed by atoms with Gasteiger partial charge in [-0.25, -0.2) is 4.98 Å². The summed E-state index contributed by atoms with van der Waals surface area (Å²) in [5.74, 6) is 2.52. The molecule has 0 radical (unpaired) electrons. The van der Waals surface area contributed by atoms with E-state index in [-0.39, 0.29) is 0 Å². The van der Waals surface area contributed by atoms with Gasteiger partial charge in [0.25, 0.3) is 0 Å². The second kappa shape index (κ2) is 6.09. The lowest BCUT2D eigenvalue weighted by Crippen LogP contribution is -2.17. The Morgan fingerprint density at radius 3 is 2.33 bits per heavy atom. The van der Waals surface area contributed by atoms with Crippen LogP contribution in [0, 0.1) is 0 Å². The minimum absolute atomic E-state index is 0.362. The molecule has 100 valence electrons. The van der Waals surface area contributed by atoms with Crippen molar-refractivity contribution in [2.24, 2.45) is 0 Å². The summed E-state index contributed by atoms with van der Waals surface area (Å²) in [6.07, 6.45) is 7.59. The average Bonchev–Trinajstić information content (AvgIpc) is 2.55. The van der Waals surface area contributed by atoms with Crippen molar-refractivity contribution >= 4 is 5.95 Å². The zero-order chi connectivity index (χ0) is 13.0. The largest absolute Gasteiger partial charge is 0.368 e. The van der Waals surface area contributed by atoms with Crippen LogP contribution >= 0.6 is 0 Å². The summed E-state index contributed by atoms with van der Waals surface area (Å²) in [6.45, 7) is 0.715. The van der Waals surface area contributed by atoms with E-state index in [4.69, 9.17) is 5.73 Å². The van der Waals surface area contributed by atoms with Gasteiger partial charge < -0.3 is 10.6 Å². The molecule has 1 aromatic heterocycles. The Hall–Kier alpha value is -1.23. The van der Waals surface area contributed by atoms with Crippen molar-refractivity contribution in [3.63, 3.8) is 0 Å². The van der Waals surface area contributed by atoms with E-state index >= 15 is 0 Å². The van der Waals surface area contributed by atoms with Gasteiger partial charge in [0.2, 0.25) is 5.95 Å². The third kappa shape index (κ3) is 3.63. The molecule has 0 amide bonds. The first kappa shape index (κ1) is 13.2. The summed E-state index contributed by atoms with van der Waals surface area (Å²) in [5, 5.41) is 0. The van der Waals surface area contributed by atoms with Crippen molar-refractivity contribution in [2.75, 3.05) is 19.8 Å². The zero-order valence-corrected chi connectivity index (χ0v) is 11.4. The Bertz CT molecular complexity index is 383. The van der Waals surface area contributed by atoms with Crippen molar-refractivity contribution in [3.05, 3.63) is 11.6 Å². The van der Waals surface area contributed by atoms with Gasteiger partial charge >= 0.3 is 0 Å². The van der Waals surface area contributed by atoms with Crippen LogP contribution in [0.15, 0.2) is 0 Å². The number of hydrogen-bond donors (Lipinski definition) is 1. The number of nitrogen functional groups attached to an aromatic ring is 1. The average molecular weight is 249 g/mol. The number of aromatic nitrogens is 3. The molecule has 0 saturated heterocycles. The molecule has 18 heavy (non-hydrogen) atoms. The van der Waals surface area contributed by atoms with E-state index in [0.29, 0.717) is 18.4 Å². The Balaban J connectivity index is 2.17. The minimum Gasteiger partial charge on any atom is -0.368 e. The SMILES string of the molecule is CN(C)Cc1nc(N)nc(C2CCCCCC2)n1. The lowest BCUT2D eigenvalue weighted by Gasteiger charge is -2.15. The van der Waals surface area contributed by atoms with Crippen LogP contribution in [0.2, 0.25) is 0 Å². The molecular formula is C13H23N5. The molecule has 0 aliphatic heterocycles. The molecule has 5 heteroatoms. The van der Waals surface area contributed by atoms with Crippen LogP contribution in [0.4, 0.5) is 5.95 Å². The van der Waals surface area contributed by atoms with Gasteiger partial charge in [-0.1, -0.05) is 25.7 Å². The Morgan fingerprint density at radius 2 is 1.72 bits per heavy atom. The van der Waals surface area contributed by atoms with Crippen molar-refractivity contribution < 1.29 is 0 Å². The number of nitrogens with two attached hydrogens (primary N) is 1. The third-order valence-electron chi connectivity index (χ3n) is 3.39. The van der Waals surface area contributed by atoms with Crippen LogP contribution in [0.25, 0.3) is 0 Å². The lowest BCUT2D eigenvalue weighted by molar-refractivity contribution is 0.387. The highest BCUT2D eigenvalue weighted by atomic mass is 15.1. The monoisotopic (exact) mass is 249 g/mol. The van der Waals surface area contributed by atoms with Crippen LogP contribution in [0.1, 0.15) is 56.1 Å². The van der Waals surface area contributed by atoms with E-state index in [9.17, 15) is 0 Å². The quantitative estimate of drug-likeness (QED) is 0.829. The molecule has 0 aromatic carbocycles. The Kier molecular flexibility index (Phi) is 4.47. The summed E-state index contributed by atoms with van der Waals surface area (Å²) < 4.78 is 0. The van der Waals surface area contributed by atoms with Gasteiger partial charge in [0.15, 0.2) is 0 Å². The highest BCUT2D eigenvalue weighted by Gasteiger charge is 2.18. The highest BCUT2D eigenvalue weighted by molar-refractivity contribution is 5.17. The van der Waals surface area contributed by atoms with Gasteiger partial charge in [0.05, 0.1) is 6.54 Å². The minimum atomic E-state index is 0.362. The van der Waals surface area contributed by atoms with E-state index < -0.39 is 0 Å². The lowest BCUT2D eigenvalue weighted by atomic mass is 10.00. The first-order chi connectivity index (χ1) is 8.65. The predicted octanol–water partition coefficient (Wildman–Crippen LogP) is 1.95. The van der Waals surface area contributed by atoms with Crippen LogP contribution < -0.4 is 5.73 Å². The van der Waals surface area contributed by atoms with Crippen LogP contribution in [-0.4, -0.2) is 33.9 Å². The van der Waals surface area contributed by atoms with Crippen molar-refractivity contribution in [1.29, 1.82) is 0 Å². The molecule has 0 unspecified atom stereocenters. The molecule has 1 saturated carbocycles. The Morgan fingerprint density at radius 1 is 1.06 bits per heavy atom. The van der Waals surface area contributed by atoms with Gasteiger partial charge in [-0.15, -0.1) is 0 Å². The molecule has 0 atom stereocenters. The summed E-state index contributed by atoms with van der Waals surface area (Å²) in [5.41, 5.74) is 5.80. The number of nitrogens with zero attached hydrogens (tertiary/aromatic N) is 4. The molecule has 2 N–H and O–H groups in total. The third-order valence-corrected chi connectivity index (χ3v) is 3.39. The molecule has 1 fully saturated rings. The van der Waals surface area contributed by atoms with E-state index in [1.165, 1.54) is 38.5 Å². The second-order valence-corrected chi connectivity index (χ2v) is 5.39. The van der Waals surface area contributed by atoms with E-state index in [1.807, 2.05) is 19.0 Å². The molecule has 2 rings (SSSR count). The summed E-state index contributed by atoms with van der Waals surface area (Å²) in [4.78, 5) is 15.2. The van der Waals surface area contributed by atoms with Crippen molar-refractivity contribution in [1.82, 2.24) is 19.9 Å². The van der Waals surface area contributed by atoms with E-state index in [2.05, 4.69) is 15.0 Å². The normalized spacial score (nSPS) is 17.9. The van der Waals surface area contributed by atoms with Crippen LogP contribution in [0.5, 0.6) is 0 Å². The van der Waals surface area contributed by atoms with Crippen molar-refractivity contribution in [3.8, 4) is 0 Å². The molecule has 1 aliphatic carbocycles. The fraction of sp³-hybridized carbons (Fsp3) is 0.769. The molecule has 1 aromatic rings. The first-order valence-corrected chi connectivity index (χ1v) is 6.80. The molecule has 0 spiro atoms. The number of hydrogen-bond acceptors (Lipinski definition) is 5. The highest BCUT2D eigenvalue weighted by Crippen LogP contribution is 2.29. The molecule has 1 aliphatic rings. The van der Waals surface area contributed by atoms with E-state index in [0.717, 1.165) is 11.6 Å². The molecule has 5 nitrogen and oxygen atoms in total. The van der Waals surface area contributed by atoms with Gasteiger partial charge in [0, 0.05) is 5.92 Å². The maximum Gasteiger partial charge on any atom is 0.223 e. The summed E-state index contributed by atoms with van der Waals surface area (Å²) >= 11 is 0. The number of rotatable bonds is 3. The molecule has 1 heterocycles. The van der Waals surface area contributed by atoms with Gasteiger partial charge in [-0.3, -0.25) is 0 Å². The summed E-state index contributed by atoms with van der Waals surface area (Å²) in [6, 6.07) is 0. The first-order valence-electron chi connectivity index (χ1n) is 6.80. The fourth-order valence-corrected chi connectivity index (χ4v) is 2.53. The smallest absolute Gasteiger partial charge is 0.223 e. The van der Waals surface area contributed by atoms with E-state index in [1.54, 1.807) is 0 Å². The molecule has 0 bridgehead atoms. The maximum atomic E-state index is 5.80. The number of anilines is 1. The predicted molar refractivity (Wildman–Crippen MR) is 72.1 cm³/mol. The Labute approximate surface area is 109 Å². The van der Waals surface area contributed by atoms with Gasteiger partial charge in [-0.05, 0) is 26.9 Å². The van der Waals surface area contributed by atoms with Crippen LogP contribution in [-0.2, 0) is 6.54 Å². The summed E-state index contributed by atoms with van der Waals surface area (Å²) in [7, 11) is 4.01. The molecular weight excluding hydrogens is 226 g/mol. The van der Waals surface area contributed by atoms with Crippen LogP contribution in [0.3, 0.4) is 0 Å². The topological polar surface area (TPSA) is 67.9 Å². The van der Waals surface area contributed by atoms with Crippen molar-refractivity contribution in [2.45, 2.75) is 51.0 Å². The second-order valence-electron chi connectivity index (χ2n) is 5.39. The van der Waals surface area contributed by atoms with Gasteiger partial charge in [0.1, 0.15) is 11.6 Å². The van der Waals surface area contributed by atoms with Gasteiger partial charge in [-0.2, -0.15) is 9.97 Å². The standard InChI is InChI=1S/C13H23N5/c1-18(2)9-11-15-12(17-13(14)16-11)10-7-5-3-4-6-8-10/h10H,3-9H2,1-2H3,(H2,14,15,16,17). The fourth-order valence-electron chi connectivity index (χ4n) is 2.53.